The minimum absolute atomic E-state index is 0.00758. The number of nitro benzene ring substituents is 1. The fourth-order valence-corrected chi connectivity index (χ4v) is 4.31. The molecule has 1 amide bonds. The van der Waals surface area contributed by atoms with Crippen LogP contribution in [0, 0.1) is 10.1 Å². The van der Waals surface area contributed by atoms with Gasteiger partial charge in [0.1, 0.15) is 0 Å². The fourth-order valence-electron chi connectivity index (χ4n) is 3.63. The smallest absolute Gasteiger partial charge is 0.271 e. The standard InChI is InChI=1S/C20H21N5O5S/c1-31(29,30)16-12-14(11-15(13-16)25(27)28)19(26)23-7-4-8-24(10-9-23)20-21-17-5-2-3-6-18(17)22-20/h2-3,5-6,11-13H,4,7-10H2,1H3,(H,21,22). The summed E-state index contributed by atoms with van der Waals surface area (Å²) in [6, 6.07) is 11.0. The number of para-hydroxylation sites is 2. The van der Waals surface area contributed by atoms with Crippen LogP contribution in [0.5, 0.6) is 0 Å². The summed E-state index contributed by atoms with van der Waals surface area (Å²) in [4.78, 5) is 34.9. The molecular formula is C20H21N5O5S. The van der Waals surface area contributed by atoms with E-state index in [1.54, 1.807) is 4.90 Å². The van der Waals surface area contributed by atoms with E-state index in [9.17, 15) is 23.3 Å². The Morgan fingerprint density at radius 1 is 1.13 bits per heavy atom. The van der Waals surface area contributed by atoms with Crippen LogP contribution in [0.4, 0.5) is 11.6 Å². The van der Waals surface area contributed by atoms with E-state index in [-0.39, 0.29) is 10.5 Å². The number of hydrogen-bond donors (Lipinski definition) is 1. The van der Waals surface area contributed by atoms with Crippen molar-refractivity contribution in [3.05, 3.63) is 58.1 Å². The van der Waals surface area contributed by atoms with Crippen molar-refractivity contribution in [2.24, 2.45) is 0 Å². The first-order valence-electron chi connectivity index (χ1n) is 9.71. The van der Waals surface area contributed by atoms with Crippen molar-refractivity contribution < 1.29 is 18.1 Å². The van der Waals surface area contributed by atoms with Crippen LogP contribution < -0.4 is 4.90 Å². The summed E-state index contributed by atoms with van der Waals surface area (Å²) in [5, 5.41) is 11.2. The molecule has 1 aromatic heterocycles. The van der Waals surface area contributed by atoms with Gasteiger partial charge in [-0.15, -0.1) is 0 Å². The number of H-pyrrole nitrogens is 1. The maximum absolute atomic E-state index is 13.1. The molecule has 1 saturated heterocycles. The third-order valence-electron chi connectivity index (χ3n) is 5.24. The number of fused-ring (bicyclic) bond motifs is 1. The zero-order valence-electron chi connectivity index (χ0n) is 16.8. The maximum atomic E-state index is 13.1. The second-order valence-corrected chi connectivity index (χ2v) is 9.47. The fraction of sp³-hybridized carbons (Fsp3) is 0.300. The van der Waals surface area contributed by atoms with Crippen molar-refractivity contribution in [3.8, 4) is 0 Å². The van der Waals surface area contributed by atoms with E-state index >= 15 is 0 Å². The van der Waals surface area contributed by atoms with E-state index in [4.69, 9.17) is 0 Å². The first-order valence-corrected chi connectivity index (χ1v) is 11.6. The third-order valence-corrected chi connectivity index (χ3v) is 6.33. The Labute approximate surface area is 178 Å². The molecule has 0 saturated carbocycles. The summed E-state index contributed by atoms with van der Waals surface area (Å²) in [6.45, 7) is 2.05. The average Bonchev–Trinajstić information content (AvgIpc) is 3.01. The molecule has 31 heavy (non-hydrogen) atoms. The van der Waals surface area contributed by atoms with Crippen LogP contribution in [0.3, 0.4) is 0 Å². The summed E-state index contributed by atoms with van der Waals surface area (Å²) >= 11 is 0. The predicted molar refractivity (Wildman–Crippen MR) is 115 cm³/mol. The van der Waals surface area contributed by atoms with Crippen LogP contribution in [-0.2, 0) is 9.84 Å². The number of carbonyl (C=O) groups excluding carboxylic acids is 1. The van der Waals surface area contributed by atoms with Crippen LogP contribution in [0.1, 0.15) is 16.8 Å². The first kappa shape index (κ1) is 20.8. The Morgan fingerprint density at radius 2 is 1.90 bits per heavy atom. The van der Waals surface area contributed by atoms with Gasteiger partial charge in [0.25, 0.3) is 11.6 Å². The van der Waals surface area contributed by atoms with Gasteiger partial charge in [0.2, 0.25) is 5.95 Å². The van der Waals surface area contributed by atoms with Crippen LogP contribution in [0.2, 0.25) is 0 Å². The molecule has 1 N–H and O–H groups in total. The Bertz CT molecular complexity index is 1240. The minimum Gasteiger partial charge on any atom is -0.341 e. The summed E-state index contributed by atoms with van der Waals surface area (Å²) < 4.78 is 23.8. The van der Waals surface area contributed by atoms with Gasteiger partial charge in [-0.25, -0.2) is 13.4 Å². The zero-order valence-corrected chi connectivity index (χ0v) is 17.6. The van der Waals surface area contributed by atoms with E-state index in [2.05, 4.69) is 14.9 Å². The lowest BCUT2D eigenvalue weighted by Gasteiger charge is -2.22. The molecule has 162 valence electrons. The Hall–Kier alpha value is -3.47. The molecule has 2 aromatic carbocycles. The number of aromatic nitrogens is 2. The monoisotopic (exact) mass is 443 g/mol. The van der Waals surface area contributed by atoms with Crippen molar-refractivity contribution in [2.75, 3.05) is 37.3 Å². The summed E-state index contributed by atoms with van der Waals surface area (Å²) in [5.74, 6) is 0.297. The van der Waals surface area contributed by atoms with E-state index in [1.165, 1.54) is 6.07 Å². The molecule has 10 nitrogen and oxygen atoms in total. The Kier molecular flexibility index (Phi) is 5.36. The highest BCUT2D eigenvalue weighted by atomic mass is 32.2. The lowest BCUT2D eigenvalue weighted by molar-refractivity contribution is -0.385. The number of aromatic amines is 1. The highest BCUT2D eigenvalue weighted by Gasteiger charge is 2.25. The van der Waals surface area contributed by atoms with Crippen molar-refractivity contribution in [2.45, 2.75) is 11.3 Å². The number of nitro groups is 1. The van der Waals surface area contributed by atoms with Gasteiger partial charge >= 0.3 is 0 Å². The molecular weight excluding hydrogens is 422 g/mol. The molecule has 4 rings (SSSR count). The van der Waals surface area contributed by atoms with Gasteiger partial charge in [0.15, 0.2) is 9.84 Å². The third kappa shape index (κ3) is 4.36. The topological polar surface area (TPSA) is 130 Å². The number of anilines is 1. The molecule has 1 aliphatic rings. The number of sulfone groups is 1. The predicted octanol–water partition coefficient (Wildman–Crippen LogP) is 2.23. The average molecular weight is 443 g/mol. The van der Waals surface area contributed by atoms with E-state index in [1.807, 2.05) is 24.3 Å². The summed E-state index contributed by atoms with van der Waals surface area (Å²) in [5.41, 5.74) is 1.36. The van der Waals surface area contributed by atoms with Gasteiger partial charge < -0.3 is 14.8 Å². The number of hydrogen-bond acceptors (Lipinski definition) is 7. The summed E-state index contributed by atoms with van der Waals surface area (Å²) in [7, 11) is -3.71. The van der Waals surface area contributed by atoms with Crippen molar-refractivity contribution in [3.63, 3.8) is 0 Å². The second kappa shape index (κ2) is 7.99. The number of amides is 1. The van der Waals surface area contributed by atoms with Crippen LogP contribution in [-0.4, -0.2) is 66.6 Å². The molecule has 1 fully saturated rings. The lowest BCUT2D eigenvalue weighted by atomic mass is 10.1. The van der Waals surface area contributed by atoms with Gasteiger partial charge in [-0.3, -0.25) is 14.9 Å². The highest BCUT2D eigenvalue weighted by molar-refractivity contribution is 7.90. The number of benzene rings is 2. The zero-order chi connectivity index (χ0) is 22.2. The normalized spacial score (nSPS) is 15.1. The molecule has 0 spiro atoms. The molecule has 2 heterocycles. The van der Waals surface area contributed by atoms with Crippen LogP contribution >= 0.6 is 0 Å². The second-order valence-electron chi connectivity index (χ2n) is 7.46. The van der Waals surface area contributed by atoms with Crippen LogP contribution in [0.15, 0.2) is 47.4 Å². The van der Waals surface area contributed by atoms with Gasteiger partial charge in [0, 0.05) is 50.1 Å². The first-order chi connectivity index (χ1) is 14.7. The lowest BCUT2D eigenvalue weighted by Crippen LogP contribution is -2.35. The highest BCUT2D eigenvalue weighted by Crippen LogP contribution is 2.23. The van der Waals surface area contributed by atoms with Gasteiger partial charge in [-0.1, -0.05) is 12.1 Å². The molecule has 0 unspecified atom stereocenters. The van der Waals surface area contributed by atoms with Crippen molar-refractivity contribution >= 4 is 38.4 Å². The largest absolute Gasteiger partial charge is 0.341 e. The maximum Gasteiger partial charge on any atom is 0.271 e. The Morgan fingerprint density at radius 3 is 2.61 bits per heavy atom. The van der Waals surface area contributed by atoms with Gasteiger partial charge in [0.05, 0.1) is 20.9 Å². The minimum atomic E-state index is -3.71. The van der Waals surface area contributed by atoms with Gasteiger partial charge in [-0.2, -0.15) is 0 Å². The molecule has 0 radical (unpaired) electrons. The molecule has 0 aliphatic carbocycles. The molecule has 0 bridgehead atoms. The van der Waals surface area contributed by atoms with Crippen LogP contribution in [0.25, 0.3) is 11.0 Å². The SMILES string of the molecule is CS(=O)(=O)c1cc(C(=O)N2CCCN(c3nc4ccccc4[nH]3)CC2)cc([N+](=O)[O-])c1. The van der Waals surface area contributed by atoms with E-state index < -0.39 is 26.4 Å². The molecule has 0 atom stereocenters. The molecule has 11 heteroatoms. The number of carbonyl (C=O) groups is 1. The van der Waals surface area contributed by atoms with Crippen molar-refractivity contribution in [1.29, 1.82) is 0 Å². The molecule has 3 aromatic rings. The number of nitrogens with zero attached hydrogens (tertiary/aromatic N) is 4. The number of nitrogens with one attached hydrogen (secondary N) is 1. The Balaban J connectivity index is 1.56. The number of non-ortho nitro benzene ring substituents is 1. The summed E-state index contributed by atoms with van der Waals surface area (Å²) in [6.07, 6.45) is 1.63. The van der Waals surface area contributed by atoms with E-state index in [0.29, 0.717) is 32.6 Å². The quantitative estimate of drug-likeness (QED) is 0.483. The number of rotatable bonds is 4. The van der Waals surface area contributed by atoms with E-state index in [0.717, 1.165) is 35.4 Å². The number of imidazole rings is 1. The van der Waals surface area contributed by atoms with Crippen molar-refractivity contribution in [1.82, 2.24) is 14.9 Å². The molecule has 1 aliphatic heterocycles. The van der Waals surface area contributed by atoms with Gasteiger partial charge in [-0.05, 0) is 24.6 Å².